The molecule has 0 unspecified atom stereocenters. The van der Waals surface area contributed by atoms with Gasteiger partial charge in [0.05, 0.1) is 41.1 Å². The van der Waals surface area contributed by atoms with Crippen molar-refractivity contribution in [2.75, 3.05) is 16.6 Å². The van der Waals surface area contributed by atoms with Crippen LogP contribution in [0, 0.1) is 17.2 Å². The largest absolute Gasteiger partial charge is 0.445 e. The van der Waals surface area contributed by atoms with Crippen LogP contribution in [0.25, 0.3) is 0 Å². The molecular formula is C24H20F3N3O5S. The first-order chi connectivity index (χ1) is 17.0. The zero-order valence-electron chi connectivity index (χ0n) is 18.7. The van der Waals surface area contributed by atoms with Crippen LogP contribution < -0.4 is 4.31 Å². The second kappa shape index (κ2) is 9.66. The van der Waals surface area contributed by atoms with Gasteiger partial charge in [0.15, 0.2) is 0 Å². The SMILES string of the molecule is N#Cc1ccc(N2C(=O)C[C@@H]3C=C[C@@H](CN3C(=O)OCc3ccccc3)CS2(=O)=O)cc1C(F)(F)F. The summed E-state index contributed by atoms with van der Waals surface area (Å²) in [6.45, 7) is -0.0720. The van der Waals surface area contributed by atoms with Gasteiger partial charge in [-0.1, -0.05) is 42.5 Å². The highest BCUT2D eigenvalue weighted by Crippen LogP contribution is 2.36. The van der Waals surface area contributed by atoms with Gasteiger partial charge in [-0.3, -0.25) is 4.79 Å². The molecule has 2 bridgehead atoms. The summed E-state index contributed by atoms with van der Waals surface area (Å²) in [5.74, 6) is -2.35. The topological polar surface area (TPSA) is 108 Å². The minimum absolute atomic E-state index is 0.0267. The predicted molar refractivity (Wildman–Crippen MR) is 122 cm³/mol. The van der Waals surface area contributed by atoms with E-state index >= 15 is 0 Å². The summed E-state index contributed by atoms with van der Waals surface area (Å²) >= 11 is 0. The number of halogens is 3. The van der Waals surface area contributed by atoms with E-state index in [1.165, 1.54) is 17.0 Å². The molecule has 2 aromatic carbocycles. The molecule has 1 saturated heterocycles. The monoisotopic (exact) mass is 519 g/mol. The molecule has 2 amide bonds. The fraction of sp³-hybridized carbons (Fsp3) is 0.292. The molecule has 2 aromatic rings. The number of carbonyl (C=O) groups excluding carboxylic acids is 2. The summed E-state index contributed by atoms with van der Waals surface area (Å²) in [5.41, 5.74) is -1.83. The molecule has 0 spiro atoms. The average molecular weight is 520 g/mol. The number of fused-ring (bicyclic) bond motifs is 5. The van der Waals surface area contributed by atoms with Crippen LogP contribution in [0.3, 0.4) is 0 Å². The van der Waals surface area contributed by atoms with Gasteiger partial charge in [-0.05, 0) is 23.8 Å². The molecule has 2 atom stereocenters. The van der Waals surface area contributed by atoms with E-state index < -0.39 is 69.1 Å². The zero-order chi connectivity index (χ0) is 26.1. The van der Waals surface area contributed by atoms with E-state index in [4.69, 9.17) is 10.00 Å². The Morgan fingerprint density at radius 2 is 1.86 bits per heavy atom. The van der Waals surface area contributed by atoms with Gasteiger partial charge < -0.3 is 9.64 Å². The minimum atomic E-state index is -4.94. The Hall–Kier alpha value is -3.85. The van der Waals surface area contributed by atoms with Gasteiger partial charge in [-0.2, -0.15) is 18.4 Å². The molecule has 3 heterocycles. The van der Waals surface area contributed by atoms with Crippen LogP contribution in [0.15, 0.2) is 60.7 Å². The first-order valence-corrected chi connectivity index (χ1v) is 12.4. The summed E-state index contributed by atoms with van der Waals surface area (Å²) in [7, 11) is -4.43. The van der Waals surface area contributed by atoms with Crippen molar-refractivity contribution in [2.24, 2.45) is 5.92 Å². The molecule has 5 rings (SSSR count). The molecule has 0 aromatic heterocycles. The summed E-state index contributed by atoms with van der Waals surface area (Å²) in [6.07, 6.45) is -3.05. The Bertz CT molecular complexity index is 1350. The van der Waals surface area contributed by atoms with E-state index in [0.29, 0.717) is 10.4 Å². The van der Waals surface area contributed by atoms with Crippen LogP contribution in [-0.4, -0.2) is 43.7 Å². The minimum Gasteiger partial charge on any atom is -0.445 e. The molecule has 0 aliphatic carbocycles. The van der Waals surface area contributed by atoms with E-state index in [9.17, 15) is 31.2 Å². The number of nitrogens with zero attached hydrogens (tertiary/aromatic N) is 3. The number of carbonyl (C=O) groups is 2. The molecular weight excluding hydrogens is 499 g/mol. The second-order valence-corrected chi connectivity index (χ2v) is 10.2. The maximum Gasteiger partial charge on any atom is 0.417 e. The van der Waals surface area contributed by atoms with Gasteiger partial charge in [0.1, 0.15) is 6.61 Å². The number of hydrogen-bond donors (Lipinski definition) is 0. The lowest BCUT2D eigenvalue weighted by atomic mass is 10.0. The van der Waals surface area contributed by atoms with Crippen molar-refractivity contribution in [2.45, 2.75) is 25.2 Å². The van der Waals surface area contributed by atoms with E-state index in [-0.39, 0.29) is 13.2 Å². The standard InChI is InChI=1S/C24H20F3N3O5S/c25-24(26,27)21-10-20(9-7-18(21)12-28)30-22(31)11-19-8-6-17(15-36(30,33)34)13-29(19)23(32)35-14-16-4-2-1-3-5-16/h1-10,17,19H,11,13-15H2/t17-,19-/m0/s1. The number of ether oxygens (including phenoxy) is 1. The van der Waals surface area contributed by atoms with Crippen LogP contribution in [-0.2, 0) is 32.3 Å². The number of amides is 2. The molecule has 1 fully saturated rings. The summed E-state index contributed by atoms with van der Waals surface area (Å²) in [4.78, 5) is 27.3. The third-order valence-corrected chi connectivity index (χ3v) is 7.67. The number of anilines is 1. The van der Waals surface area contributed by atoms with Crippen molar-refractivity contribution < 1.29 is 35.9 Å². The lowest BCUT2D eigenvalue weighted by Gasteiger charge is -2.33. The highest BCUT2D eigenvalue weighted by Gasteiger charge is 2.41. The molecule has 12 heteroatoms. The molecule has 8 nitrogen and oxygen atoms in total. The van der Waals surface area contributed by atoms with E-state index in [0.717, 1.165) is 17.7 Å². The molecule has 0 radical (unpaired) electrons. The molecule has 0 saturated carbocycles. The molecule has 36 heavy (non-hydrogen) atoms. The first-order valence-electron chi connectivity index (χ1n) is 10.8. The molecule has 188 valence electrons. The zero-order valence-corrected chi connectivity index (χ0v) is 19.5. The lowest BCUT2D eigenvalue weighted by Crippen LogP contribution is -2.46. The number of rotatable bonds is 3. The third kappa shape index (κ3) is 5.21. The van der Waals surface area contributed by atoms with Crippen molar-refractivity contribution in [1.82, 2.24) is 4.90 Å². The smallest absolute Gasteiger partial charge is 0.417 e. The average Bonchev–Trinajstić information content (AvgIpc) is 2.90. The quantitative estimate of drug-likeness (QED) is 0.571. The summed E-state index contributed by atoms with van der Waals surface area (Å²) in [5, 5.41) is 9.03. The normalized spacial score (nSPS) is 21.3. The lowest BCUT2D eigenvalue weighted by molar-refractivity contribution is -0.137. The molecule has 0 N–H and O–H groups in total. The predicted octanol–water partition coefficient (Wildman–Crippen LogP) is 3.84. The van der Waals surface area contributed by atoms with Crippen LogP contribution in [0.2, 0.25) is 0 Å². The Morgan fingerprint density at radius 3 is 2.53 bits per heavy atom. The third-order valence-electron chi connectivity index (χ3n) is 5.85. The van der Waals surface area contributed by atoms with Gasteiger partial charge in [-0.15, -0.1) is 0 Å². The van der Waals surface area contributed by atoms with Gasteiger partial charge in [0, 0.05) is 12.5 Å². The molecule has 3 aliphatic rings. The van der Waals surface area contributed by atoms with Gasteiger partial charge in [0.25, 0.3) is 0 Å². The van der Waals surface area contributed by atoms with Crippen molar-refractivity contribution in [3.8, 4) is 6.07 Å². The summed E-state index contributed by atoms with van der Waals surface area (Å²) < 4.78 is 72.5. The number of benzene rings is 2. The number of hydrogen-bond acceptors (Lipinski definition) is 6. The Balaban J connectivity index is 1.63. The number of sulfonamides is 1. The highest BCUT2D eigenvalue weighted by atomic mass is 32.2. The fourth-order valence-electron chi connectivity index (χ4n) is 4.19. The Kier molecular flexibility index (Phi) is 6.77. The van der Waals surface area contributed by atoms with Crippen molar-refractivity contribution in [1.29, 1.82) is 5.26 Å². The van der Waals surface area contributed by atoms with Gasteiger partial charge in [0.2, 0.25) is 15.9 Å². The summed E-state index contributed by atoms with van der Waals surface area (Å²) in [6, 6.07) is 11.7. The fourth-order valence-corrected chi connectivity index (χ4v) is 5.92. The van der Waals surface area contributed by atoms with E-state index in [2.05, 4.69) is 0 Å². The van der Waals surface area contributed by atoms with E-state index in [1.54, 1.807) is 36.4 Å². The van der Waals surface area contributed by atoms with Crippen LogP contribution >= 0.6 is 0 Å². The Morgan fingerprint density at radius 1 is 1.14 bits per heavy atom. The van der Waals surface area contributed by atoms with Crippen LogP contribution in [0.4, 0.5) is 23.7 Å². The van der Waals surface area contributed by atoms with Crippen molar-refractivity contribution >= 4 is 27.7 Å². The van der Waals surface area contributed by atoms with Crippen LogP contribution in [0.1, 0.15) is 23.1 Å². The first kappa shape index (κ1) is 25.2. The van der Waals surface area contributed by atoms with E-state index in [1.807, 2.05) is 0 Å². The molecule has 3 aliphatic heterocycles. The van der Waals surface area contributed by atoms with Crippen LogP contribution in [0.5, 0.6) is 0 Å². The second-order valence-electron chi connectivity index (χ2n) is 8.39. The Labute approximate surface area is 205 Å². The number of nitriles is 1. The van der Waals surface area contributed by atoms with Crippen molar-refractivity contribution in [3.05, 3.63) is 77.4 Å². The van der Waals surface area contributed by atoms with Gasteiger partial charge >= 0.3 is 12.3 Å². The maximum atomic E-state index is 13.5. The van der Waals surface area contributed by atoms with Crippen molar-refractivity contribution in [3.63, 3.8) is 0 Å². The van der Waals surface area contributed by atoms with Gasteiger partial charge in [-0.25, -0.2) is 17.5 Å². The highest BCUT2D eigenvalue weighted by molar-refractivity contribution is 7.93. The number of alkyl halides is 3. The maximum absolute atomic E-state index is 13.5.